The molecule has 7 nitrogen and oxygen atoms in total. The number of nitrogens with zero attached hydrogens (tertiary/aromatic N) is 2. The van der Waals surface area contributed by atoms with E-state index in [2.05, 4.69) is 70.7 Å². The van der Waals surface area contributed by atoms with Crippen molar-refractivity contribution in [1.82, 2.24) is 20.2 Å². The number of H-pyrrole nitrogens is 1. The number of hydrogen-bond donors (Lipinski definition) is 2. The molecule has 2 N–H and O–H groups in total. The Hall–Kier alpha value is -3.61. The van der Waals surface area contributed by atoms with Crippen molar-refractivity contribution < 1.29 is 14.3 Å². The Kier molecular flexibility index (Phi) is 7.01. The van der Waals surface area contributed by atoms with E-state index in [-0.39, 0.29) is 17.9 Å². The van der Waals surface area contributed by atoms with Crippen LogP contribution in [0.1, 0.15) is 44.1 Å². The lowest BCUT2D eigenvalue weighted by Gasteiger charge is -2.30. The number of rotatable bonds is 6. The number of alkyl carbamates (subject to hydrolysis) is 1. The quantitative estimate of drug-likeness (QED) is 0.536. The smallest absolute Gasteiger partial charge is 0.407 e. The summed E-state index contributed by atoms with van der Waals surface area (Å²) in [6.07, 6.45) is 2.94. The average Bonchev–Trinajstić information content (AvgIpc) is 3.52. The number of carbonyl (C=O) groups is 2. The molecular formula is C27H32N4O3. The highest BCUT2D eigenvalue weighted by molar-refractivity contribution is 5.86. The molecular weight excluding hydrogens is 428 g/mol. The molecule has 1 saturated heterocycles. The number of imidazole rings is 1. The van der Waals surface area contributed by atoms with Gasteiger partial charge in [-0.2, -0.15) is 0 Å². The fourth-order valence-corrected chi connectivity index (χ4v) is 4.43. The van der Waals surface area contributed by atoms with Crippen LogP contribution in [0.25, 0.3) is 22.4 Å². The molecule has 2 atom stereocenters. The third kappa shape index (κ3) is 4.98. The van der Waals surface area contributed by atoms with Gasteiger partial charge in [-0.05, 0) is 42.4 Å². The van der Waals surface area contributed by atoms with Gasteiger partial charge in [-0.1, -0.05) is 67.9 Å². The number of nitrogens with one attached hydrogen (secondary N) is 2. The molecule has 178 valence electrons. The molecule has 4 rings (SSSR count). The maximum absolute atomic E-state index is 13.3. The van der Waals surface area contributed by atoms with E-state index in [0.717, 1.165) is 35.5 Å². The summed E-state index contributed by atoms with van der Waals surface area (Å²) in [5.74, 6) is 0.597. The van der Waals surface area contributed by atoms with Gasteiger partial charge < -0.3 is 19.9 Å². The zero-order valence-electron chi connectivity index (χ0n) is 20.2. The fraction of sp³-hybridized carbons (Fsp3) is 0.370. The molecule has 7 heteroatoms. The Balaban J connectivity index is 1.51. The van der Waals surface area contributed by atoms with E-state index in [4.69, 9.17) is 4.74 Å². The molecule has 0 saturated carbocycles. The topological polar surface area (TPSA) is 87.3 Å². The first-order valence-electron chi connectivity index (χ1n) is 11.7. The first-order valence-corrected chi connectivity index (χ1v) is 11.7. The number of aryl methyl sites for hydroxylation is 1. The maximum atomic E-state index is 13.3. The number of benzene rings is 2. The molecule has 2 amide bonds. The Morgan fingerprint density at radius 2 is 1.68 bits per heavy atom. The predicted molar refractivity (Wildman–Crippen MR) is 132 cm³/mol. The van der Waals surface area contributed by atoms with Crippen LogP contribution in [0.5, 0.6) is 0 Å². The van der Waals surface area contributed by atoms with E-state index in [1.807, 2.05) is 24.9 Å². The summed E-state index contributed by atoms with van der Waals surface area (Å²) >= 11 is 0. The lowest BCUT2D eigenvalue weighted by atomic mass is 10.0. The number of aromatic amines is 1. The van der Waals surface area contributed by atoms with E-state index in [0.29, 0.717) is 6.54 Å². The van der Waals surface area contributed by atoms with Gasteiger partial charge >= 0.3 is 6.09 Å². The number of hydrogen-bond acceptors (Lipinski definition) is 4. The van der Waals surface area contributed by atoms with Crippen LogP contribution < -0.4 is 5.32 Å². The molecule has 1 aliphatic rings. The van der Waals surface area contributed by atoms with Crippen LogP contribution in [0, 0.1) is 12.8 Å². The van der Waals surface area contributed by atoms with Crippen molar-refractivity contribution in [3.8, 4) is 22.4 Å². The lowest BCUT2D eigenvalue weighted by Crippen LogP contribution is -2.51. The van der Waals surface area contributed by atoms with Gasteiger partial charge in [-0.3, -0.25) is 4.79 Å². The van der Waals surface area contributed by atoms with Gasteiger partial charge in [0, 0.05) is 6.54 Å². The fourth-order valence-electron chi connectivity index (χ4n) is 4.43. The largest absolute Gasteiger partial charge is 0.453 e. The van der Waals surface area contributed by atoms with Gasteiger partial charge in [0.1, 0.15) is 11.9 Å². The first kappa shape index (κ1) is 23.5. The highest BCUT2D eigenvalue weighted by Gasteiger charge is 2.37. The van der Waals surface area contributed by atoms with Gasteiger partial charge in [-0.25, -0.2) is 9.78 Å². The number of likely N-dealkylation sites (tertiary alicyclic amines) is 1. The van der Waals surface area contributed by atoms with Crippen LogP contribution in [0.2, 0.25) is 0 Å². The summed E-state index contributed by atoms with van der Waals surface area (Å²) in [5.41, 5.74) is 5.54. The standard InChI is InChI=1S/C27H32N4O3/c1-17(2)24(30-27(33)34-4)26(32)31-15-5-6-23(31)25-28-16-22(29-25)21-13-11-20(12-14-21)19-9-7-18(3)8-10-19/h7-14,16-17,23-24H,5-6,15H2,1-4H3,(H,28,29)(H,30,33)/t23-,24+/m1/s1. The summed E-state index contributed by atoms with van der Waals surface area (Å²) in [4.78, 5) is 34.9. The van der Waals surface area contributed by atoms with E-state index in [9.17, 15) is 9.59 Å². The van der Waals surface area contributed by atoms with Crippen LogP contribution in [-0.4, -0.2) is 46.6 Å². The Morgan fingerprint density at radius 3 is 2.29 bits per heavy atom. The van der Waals surface area contributed by atoms with E-state index >= 15 is 0 Å². The van der Waals surface area contributed by atoms with Gasteiger partial charge in [0.25, 0.3) is 0 Å². The molecule has 0 aliphatic carbocycles. The van der Waals surface area contributed by atoms with Gasteiger partial charge in [0.15, 0.2) is 0 Å². The van der Waals surface area contributed by atoms with E-state index in [1.54, 1.807) is 0 Å². The molecule has 0 unspecified atom stereocenters. The van der Waals surface area contributed by atoms with Crippen LogP contribution in [0.3, 0.4) is 0 Å². The zero-order valence-corrected chi connectivity index (χ0v) is 20.2. The minimum atomic E-state index is -0.642. The van der Waals surface area contributed by atoms with Crippen LogP contribution in [-0.2, 0) is 9.53 Å². The van der Waals surface area contributed by atoms with Gasteiger partial charge in [-0.15, -0.1) is 0 Å². The zero-order chi connectivity index (χ0) is 24.2. The normalized spacial score (nSPS) is 16.5. The van der Waals surface area contributed by atoms with Crippen LogP contribution >= 0.6 is 0 Å². The molecule has 0 radical (unpaired) electrons. The predicted octanol–water partition coefficient (Wildman–Crippen LogP) is 5.10. The molecule has 1 aliphatic heterocycles. The SMILES string of the molecule is COC(=O)N[C@H](C(=O)N1CCC[C@@H]1c1ncc(-c2ccc(-c3ccc(C)cc3)cc2)[nH]1)C(C)C. The summed E-state index contributed by atoms with van der Waals surface area (Å²) in [7, 11) is 1.30. The van der Waals surface area contributed by atoms with E-state index in [1.165, 1.54) is 18.2 Å². The monoisotopic (exact) mass is 460 g/mol. The molecule has 0 bridgehead atoms. The van der Waals surface area contributed by atoms with E-state index < -0.39 is 12.1 Å². The van der Waals surface area contributed by atoms with Crippen molar-refractivity contribution in [2.75, 3.05) is 13.7 Å². The minimum absolute atomic E-state index is 0.0629. The molecule has 1 aromatic heterocycles. The Labute approximate surface area is 200 Å². The van der Waals surface area contributed by atoms with Crippen LogP contribution in [0.4, 0.5) is 4.79 Å². The second-order valence-electron chi connectivity index (χ2n) is 9.17. The molecule has 2 heterocycles. The van der Waals surface area contributed by atoms with Crippen molar-refractivity contribution in [2.24, 2.45) is 5.92 Å². The number of amides is 2. The summed E-state index contributed by atoms with van der Waals surface area (Å²) in [6, 6.07) is 16.1. The van der Waals surface area contributed by atoms with Gasteiger partial charge in [0.05, 0.1) is 25.0 Å². The van der Waals surface area contributed by atoms with Crippen molar-refractivity contribution in [1.29, 1.82) is 0 Å². The summed E-state index contributed by atoms with van der Waals surface area (Å²) in [6.45, 7) is 6.54. The second kappa shape index (κ2) is 10.1. The number of carbonyl (C=O) groups excluding carboxylic acids is 2. The summed E-state index contributed by atoms with van der Waals surface area (Å²) < 4.78 is 4.71. The number of aromatic nitrogens is 2. The molecule has 34 heavy (non-hydrogen) atoms. The maximum Gasteiger partial charge on any atom is 0.407 e. The second-order valence-corrected chi connectivity index (χ2v) is 9.17. The van der Waals surface area contributed by atoms with Crippen molar-refractivity contribution in [3.05, 3.63) is 66.1 Å². The molecule has 3 aromatic rings. The molecule has 0 spiro atoms. The van der Waals surface area contributed by atoms with Crippen molar-refractivity contribution in [2.45, 2.75) is 45.7 Å². The highest BCUT2D eigenvalue weighted by Crippen LogP contribution is 2.33. The lowest BCUT2D eigenvalue weighted by molar-refractivity contribution is -0.135. The minimum Gasteiger partial charge on any atom is -0.453 e. The highest BCUT2D eigenvalue weighted by atomic mass is 16.5. The van der Waals surface area contributed by atoms with Gasteiger partial charge in [0.2, 0.25) is 5.91 Å². The Bertz CT molecular complexity index is 1140. The average molecular weight is 461 g/mol. The number of methoxy groups -OCH3 is 1. The third-order valence-corrected chi connectivity index (χ3v) is 6.42. The number of ether oxygens (including phenoxy) is 1. The van der Waals surface area contributed by atoms with Crippen molar-refractivity contribution >= 4 is 12.0 Å². The van der Waals surface area contributed by atoms with Crippen molar-refractivity contribution in [3.63, 3.8) is 0 Å². The first-order chi connectivity index (χ1) is 16.4. The third-order valence-electron chi connectivity index (χ3n) is 6.42. The van der Waals surface area contributed by atoms with Crippen LogP contribution in [0.15, 0.2) is 54.7 Å². The molecule has 1 fully saturated rings. The Morgan fingerprint density at radius 1 is 1.06 bits per heavy atom. The molecule has 2 aromatic carbocycles. The summed E-state index contributed by atoms with van der Waals surface area (Å²) in [5, 5.41) is 2.68.